The summed E-state index contributed by atoms with van der Waals surface area (Å²) in [6, 6.07) is 17.2. The molecule has 0 aliphatic carbocycles. The number of nitro groups is 1. The lowest BCUT2D eigenvalue weighted by atomic mass is 9.95. The summed E-state index contributed by atoms with van der Waals surface area (Å²) in [5.41, 5.74) is 2.52. The van der Waals surface area contributed by atoms with Gasteiger partial charge in [0.1, 0.15) is 19.0 Å². The van der Waals surface area contributed by atoms with Gasteiger partial charge < -0.3 is 14.6 Å². The van der Waals surface area contributed by atoms with Crippen LogP contribution in [0.3, 0.4) is 0 Å². The van der Waals surface area contributed by atoms with E-state index >= 15 is 0 Å². The van der Waals surface area contributed by atoms with Gasteiger partial charge in [-0.25, -0.2) is 0 Å². The Labute approximate surface area is 247 Å². The molecular weight excluding hydrogens is 580 g/mol. The summed E-state index contributed by atoms with van der Waals surface area (Å²) in [5, 5.41) is 31.3. The first-order valence-corrected chi connectivity index (χ1v) is 14.6. The Hall–Kier alpha value is -4.75. The zero-order valence-electron chi connectivity index (χ0n) is 22.1. The van der Waals surface area contributed by atoms with Crippen molar-refractivity contribution < 1.29 is 29.1 Å². The predicted octanol–water partition coefficient (Wildman–Crippen LogP) is 5.44. The number of carbonyl (C=O) groups is 2. The number of aromatic nitrogens is 2. The molecule has 0 saturated carbocycles. The molecule has 6 rings (SSSR count). The first-order chi connectivity index (χ1) is 20.3. The zero-order valence-corrected chi connectivity index (χ0v) is 23.7. The first kappa shape index (κ1) is 27.4. The van der Waals surface area contributed by atoms with Crippen LogP contribution in [0.25, 0.3) is 5.76 Å². The fourth-order valence-corrected chi connectivity index (χ4v) is 6.48. The number of rotatable bonds is 7. The van der Waals surface area contributed by atoms with E-state index in [4.69, 9.17) is 9.47 Å². The summed E-state index contributed by atoms with van der Waals surface area (Å²) in [7, 11) is 0. The second-order valence-corrected chi connectivity index (χ2v) is 11.7. The highest BCUT2D eigenvalue weighted by atomic mass is 32.2. The Balaban J connectivity index is 1.39. The number of non-ortho nitro benzene ring substituents is 1. The number of aliphatic hydroxyl groups excluding tert-OH is 1. The number of hydrogen-bond acceptors (Lipinski definition) is 11. The van der Waals surface area contributed by atoms with Crippen LogP contribution in [0.15, 0.2) is 76.6 Å². The number of amides is 1. The van der Waals surface area contributed by atoms with E-state index in [0.29, 0.717) is 40.4 Å². The van der Waals surface area contributed by atoms with Gasteiger partial charge in [0.15, 0.2) is 15.8 Å². The van der Waals surface area contributed by atoms with E-state index in [1.54, 1.807) is 12.1 Å². The molecule has 1 aromatic heterocycles. The summed E-state index contributed by atoms with van der Waals surface area (Å²) >= 11 is 2.58. The Morgan fingerprint density at radius 1 is 1.05 bits per heavy atom. The molecule has 3 heterocycles. The highest BCUT2D eigenvalue weighted by molar-refractivity contribution is 8.00. The minimum absolute atomic E-state index is 0.159. The van der Waals surface area contributed by atoms with Gasteiger partial charge in [0.25, 0.3) is 11.5 Å². The van der Waals surface area contributed by atoms with Crippen molar-refractivity contribution in [2.75, 3.05) is 18.1 Å². The Morgan fingerprint density at radius 3 is 2.48 bits per heavy atom. The van der Waals surface area contributed by atoms with Crippen molar-refractivity contribution in [2.24, 2.45) is 0 Å². The third-order valence-electron chi connectivity index (χ3n) is 6.76. The number of thioether (sulfide) groups is 1. The van der Waals surface area contributed by atoms with E-state index in [-0.39, 0.29) is 22.0 Å². The van der Waals surface area contributed by atoms with Gasteiger partial charge in [-0.1, -0.05) is 52.9 Å². The first-order valence-electron chi connectivity index (χ1n) is 12.8. The standard InChI is InChI=1S/C29H22N4O7S2/c1-16-2-4-17(5-3-16)15-41-29-31-30-28(42-29)32-24(18-6-9-20(10-7-18)33(37)38)23(26(35)27(32)36)25(34)19-8-11-21-22(14-19)40-13-12-39-21/h2-11,14,24,34H,12-13,15H2,1H3/b25-23+. The second kappa shape index (κ2) is 11.3. The van der Waals surface area contributed by atoms with E-state index in [1.807, 2.05) is 31.2 Å². The zero-order chi connectivity index (χ0) is 29.4. The van der Waals surface area contributed by atoms with E-state index in [2.05, 4.69) is 10.2 Å². The smallest absolute Gasteiger partial charge is 0.301 e. The lowest BCUT2D eigenvalue weighted by Crippen LogP contribution is -2.29. The maximum Gasteiger partial charge on any atom is 0.301 e. The van der Waals surface area contributed by atoms with Crippen molar-refractivity contribution in [2.45, 2.75) is 23.1 Å². The summed E-state index contributed by atoms with van der Waals surface area (Å²) in [6.45, 7) is 2.72. The Morgan fingerprint density at radius 2 is 1.76 bits per heavy atom. The molecule has 1 atom stereocenters. The number of nitrogens with zero attached hydrogens (tertiary/aromatic N) is 4. The summed E-state index contributed by atoms with van der Waals surface area (Å²) in [6.07, 6.45) is 0. The lowest BCUT2D eigenvalue weighted by Gasteiger charge is -2.23. The molecular formula is C29H22N4O7S2. The third kappa shape index (κ3) is 5.19. The number of nitro benzene ring substituents is 1. The van der Waals surface area contributed by atoms with E-state index in [9.17, 15) is 24.8 Å². The van der Waals surface area contributed by atoms with Crippen molar-refractivity contribution in [1.82, 2.24) is 10.2 Å². The fourth-order valence-electron chi connectivity index (χ4n) is 4.66. The molecule has 42 heavy (non-hydrogen) atoms. The summed E-state index contributed by atoms with van der Waals surface area (Å²) < 4.78 is 11.8. The van der Waals surface area contributed by atoms with Gasteiger partial charge in [-0.05, 0) is 48.4 Å². The minimum Gasteiger partial charge on any atom is -0.507 e. The Bertz CT molecular complexity index is 1740. The molecule has 0 bridgehead atoms. The van der Waals surface area contributed by atoms with Crippen molar-refractivity contribution in [3.63, 3.8) is 0 Å². The summed E-state index contributed by atoms with van der Waals surface area (Å²) in [4.78, 5) is 38.9. The van der Waals surface area contributed by atoms with Crippen LogP contribution < -0.4 is 14.4 Å². The molecule has 3 aromatic carbocycles. The molecule has 1 amide bonds. The monoisotopic (exact) mass is 602 g/mol. The van der Waals surface area contributed by atoms with E-state index < -0.39 is 28.4 Å². The van der Waals surface area contributed by atoms with Crippen molar-refractivity contribution in [3.05, 3.63) is 105 Å². The number of Topliss-reactive ketones (excluding diaryl/α,β-unsaturated/α-hetero) is 1. The second-order valence-electron chi connectivity index (χ2n) is 9.50. The maximum absolute atomic E-state index is 13.5. The predicted molar refractivity (Wildman–Crippen MR) is 156 cm³/mol. The highest BCUT2D eigenvalue weighted by Crippen LogP contribution is 2.45. The molecule has 212 valence electrons. The maximum atomic E-state index is 13.5. The fraction of sp³-hybridized carbons (Fsp3) is 0.172. The molecule has 2 aliphatic rings. The van der Waals surface area contributed by atoms with Crippen molar-refractivity contribution in [3.8, 4) is 11.5 Å². The number of aliphatic hydroxyl groups is 1. The number of hydrogen-bond donors (Lipinski definition) is 1. The average molecular weight is 603 g/mol. The average Bonchev–Trinajstić information content (AvgIpc) is 3.58. The number of fused-ring (bicyclic) bond motifs is 1. The lowest BCUT2D eigenvalue weighted by molar-refractivity contribution is -0.384. The molecule has 11 nitrogen and oxygen atoms in total. The van der Waals surface area contributed by atoms with Crippen LogP contribution in [0, 0.1) is 17.0 Å². The van der Waals surface area contributed by atoms with Crippen LogP contribution in [0.4, 0.5) is 10.8 Å². The molecule has 2 aliphatic heterocycles. The number of ketones is 1. The normalized spacial score (nSPS) is 17.5. The number of carbonyl (C=O) groups excluding carboxylic acids is 2. The van der Waals surface area contributed by atoms with Crippen molar-refractivity contribution >= 4 is 51.4 Å². The van der Waals surface area contributed by atoms with Gasteiger partial charge in [0, 0.05) is 23.4 Å². The quantitative estimate of drug-likeness (QED) is 0.0552. The van der Waals surface area contributed by atoms with Gasteiger partial charge in [-0.15, -0.1) is 10.2 Å². The van der Waals surface area contributed by atoms with Gasteiger partial charge in [-0.2, -0.15) is 0 Å². The van der Waals surface area contributed by atoms with E-state index in [1.165, 1.54) is 47.0 Å². The number of ether oxygens (including phenoxy) is 2. The minimum atomic E-state index is -1.11. The molecule has 1 N–H and O–H groups in total. The number of benzene rings is 3. The molecule has 4 aromatic rings. The van der Waals surface area contributed by atoms with E-state index in [0.717, 1.165) is 22.5 Å². The van der Waals surface area contributed by atoms with Crippen LogP contribution in [-0.2, 0) is 15.3 Å². The topological polar surface area (TPSA) is 145 Å². The van der Waals surface area contributed by atoms with Gasteiger partial charge in [-0.3, -0.25) is 24.6 Å². The molecule has 13 heteroatoms. The van der Waals surface area contributed by atoms with Gasteiger partial charge in [0.2, 0.25) is 5.13 Å². The largest absolute Gasteiger partial charge is 0.507 e. The van der Waals surface area contributed by atoms with Crippen molar-refractivity contribution in [1.29, 1.82) is 0 Å². The molecule has 0 radical (unpaired) electrons. The Kier molecular flexibility index (Phi) is 7.35. The SMILES string of the molecule is Cc1ccc(CSc2nnc(N3C(=O)C(=O)/C(=C(/O)c4ccc5c(c4)OCCO5)C3c3ccc([N+](=O)[O-])cc3)s2)cc1. The number of anilines is 1. The third-order valence-corrected chi connectivity index (χ3v) is 8.89. The number of aryl methyl sites for hydroxylation is 1. The van der Waals surface area contributed by atoms with Crippen LogP contribution in [-0.4, -0.2) is 45.1 Å². The van der Waals surface area contributed by atoms with Crippen LogP contribution in [0.5, 0.6) is 11.5 Å². The molecule has 1 fully saturated rings. The summed E-state index contributed by atoms with van der Waals surface area (Å²) in [5.74, 6) is -0.725. The molecule has 1 unspecified atom stereocenters. The molecule has 0 spiro atoms. The van der Waals surface area contributed by atoms with Gasteiger partial charge >= 0.3 is 5.91 Å². The molecule has 1 saturated heterocycles. The van der Waals surface area contributed by atoms with Crippen LogP contribution in [0.1, 0.15) is 28.3 Å². The van der Waals surface area contributed by atoms with Crippen LogP contribution >= 0.6 is 23.1 Å². The van der Waals surface area contributed by atoms with Gasteiger partial charge in [0.05, 0.1) is 16.5 Å². The van der Waals surface area contributed by atoms with Crippen LogP contribution in [0.2, 0.25) is 0 Å². The highest BCUT2D eigenvalue weighted by Gasteiger charge is 2.48.